The van der Waals surface area contributed by atoms with Crippen LogP contribution in [0.1, 0.15) is 111 Å². The Labute approximate surface area is 186 Å². The molecule has 1 heterocycles. The zero-order valence-corrected chi connectivity index (χ0v) is 20.0. The number of unbranched alkanes of at least 4 members (excludes halogenated alkanes) is 11. The van der Waals surface area contributed by atoms with Gasteiger partial charge < -0.3 is 4.90 Å². The summed E-state index contributed by atoms with van der Waals surface area (Å²) in [5.41, 5.74) is 1.32. The van der Waals surface area contributed by atoms with Crippen molar-refractivity contribution in [2.24, 2.45) is 4.99 Å². The SMILES string of the molecule is CCCCCCCCC=CCCCCCCCC1=NC(C)(C)CN1c1ccccc1. The van der Waals surface area contributed by atoms with E-state index in [9.17, 15) is 0 Å². The van der Waals surface area contributed by atoms with Gasteiger partial charge in [0.25, 0.3) is 0 Å². The van der Waals surface area contributed by atoms with Crippen molar-refractivity contribution >= 4 is 11.5 Å². The van der Waals surface area contributed by atoms with Gasteiger partial charge in [0.15, 0.2) is 0 Å². The maximum Gasteiger partial charge on any atom is 0.104 e. The molecular weight excluding hydrogens is 364 g/mol. The van der Waals surface area contributed by atoms with E-state index in [0.29, 0.717) is 0 Å². The van der Waals surface area contributed by atoms with Crippen molar-refractivity contribution in [1.82, 2.24) is 0 Å². The molecular formula is C28H46N2. The summed E-state index contributed by atoms with van der Waals surface area (Å²) in [4.78, 5) is 7.44. The molecule has 0 bridgehead atoms. The van der Waals surface area contributed by atoms with Crippen LogP contribution in [0.3, 0.4) is 0 Å². The molecule has 30 heavy (non-hydrogen) atoms. The van der Waals surface area contributed by atoms with Gasteiger partial charge in [-0.2, -0.15) is 0 Å². The van der Waals surface area contributed by atoms with Crippen LogP contribution in [0.15, 0.2) is 47.5 Å². The zero-order chi connectivity index (χ0) is 21.5. The van der Waals surface area contributed by atoms with Gasteiger partial charge in [-0.05, 0) is 58.1 Å². The third kappa shape index (κ3) is 9.96. The molecule has 0 aromatic heterocycles. The second-order valence-corrected chi connectivity index (χ2v) is 9.60. The first kappa shape index (κ1) is 24.7. The van der Waals surface area contributed by atoms with Gasteiger partial charge in [-0.3, -0.25) is 4.99 Å². The minimum Gasteiger partial charge on any atom is -0.328 e. The Kier molecular flexibility index (Phi) is 11.9. The van der Waals surface area contributed by atoms with E-state index >= 15 is 0 Å². The minimum atomic E-state index is 0.0347. The maximum atomic E-state index is 5.02. The molecule has 0 saturated heterocycles. The lowest BCUT2D eigenvalue weighted by Gasteiger charge is -2.23. The van der Waals surface area contributed by atoms with Gasteiger partial charge in [0, 0.05) is 18.7 Å². The van der Waals surface area contributed by atoms with Gasteiger partial charge in [0.2, 0.25) is 0 Å². The number of rotatable bonds is 16. The quantitative estimate of drug-likeness (QED) is 0.196. The van der Waals surface area contributed by atoms with Crippen molar-refractivity contribution in [3.05, 3.63) is 42.5 Å². The number of hydrogen-bond acceptors (Lipinski definition) is 2. The third-order valence-electron chi connectivity index (χ3n) is 6.02. The monoisotopic (exact) mass is 410 g/mol. The van der Waals surface area contributed by atoms with Crippen LogP contribution < -0.4 is 4.90 Å². The fraction of sp³-hybridized carbons (Fsp3) is 0.679. The molecule has 168 valence electrons. The molecule has 2 rings (SSSR count). The summed E-state index contributed by atoms with van der Waals surface area (Å²) in [6.07, 6.45) is 23.5. The zero-order valence-electron chi connectivity index (χ0n) is 20.0. The summed E-state index contributed by atoms with van der Waals surface area (Å²) < 4.78 is 0. The highest BCUT2D eigenvalue weighted by molar-refractivity contribution is 6.00. The lowest BCUT2D eigenvalue weighted by molar-refractivity contribution is 0.564. The summed E-state index contributed by atoms with van der Waals surface area (Å²) in [5, 5.41) is 0. The summed E-state index contributed by atoms with van der Waals surface area (Å²) in [6.45, 7) is 7.77. The molecule has 2 nitrogen and oxygen atoms in total. The van der Waals surface area contributed by atoms with Crippen molar-refractivity contribution in [2.75, 3.05) is 11.4 Å². The van der Waals surface area contributed by atoms with Crippen LogP contribution in [0, 0.1) is 0 Å². The van der Waals surface area contributed by atoms with Gasteiger partial charge >= 0.3 is 0 Å². The molecule has 2 heteroatoms. The number of para-hydroxylation sites is 1. The lowest BCUT2D eigenvalue weighted by Crippen LogP contribution is -2.32. The number of nitrogens with zero attached hydrogens (tertiary/aromatic N) is 2. The summed E-state index contributed by atoms with van der Waals surface area (Å²) >= 11 is 0. The first-order valence-corrected chi connectivity index (χ1v) is 12.7. The number of hydrogen-bond donors (Lipinski definition) is 0. The van der Waals surface area contributed by atoms with Gasteiger partial charge in [0.05, 0.1) is 5.54 Å². The van der Waals surface area contributed by atoms with Crippen molar-refractivity contribution in [2.45, 2.75) is 116 Å². The number of benzene rings is 1. The average Bonchev–Trinajstić information content (AvgIpc) is 3.06. The van der Waals surface area contributed by atoms with Crippen molar-refractivity contribution in [1.29, 1.82) is 0 Å². The van der Waals surface area contributed by atoms with E-state index in [1.54, 1.807) is 0 Å². The molecule has 0 unspecified atom stereocenters. The highest BCUT2D eigenvalue weighted by Gasteiger charge is 2.31. The normalized spacial score (nSPS) is 15.8. The summed E-state index contributed by atoms with van der Waals surface area (Å²) in [7, 11) is 0. The Balaban J connectivity index is 1.50. The van der Waals surface area contributed by atoms with E-state index in [1.165, 1.54) is 95.0 Å². The summed E-state index contributed by atoms with van der Waals surface area (Å²) in [5.74, 6) is 1.28. The Morgan fingerprint density at radius 3 is 2.00 bits per heavy atom. The van der Waals surface area contributed by atoms with Gasteiger partial charge in [0.1, 0.15) is 5.84 Å². The standard InChI is InChI=1S/C28H46N2/c1-4-5-6-7-8-9-10-11-12-13-14-15-16-17-21-24-27-29-28(2,3)25-30(27)26-22-19-18-20-23-26/h11-12,18-20,22-23H,4-10,13-17,21,24-25H2,1-3H3. The largest absolute Gasteiger partial charge is 0.328 e. The molecule has 0 fully saturated rings. The summed E-state index contributed by atoms with van der Waals surface area (Å²) in [6, 6.07) is 10.7. The van der Waals surface area contributed by atoms with E-state index in [2.05, 4.69) is 68.2 Å². The molecule has 0 atom stereocenters. The van der Waals surface area contributed by atoms with Crippen LogP contribution in [-0.2, 0) is 0 Å². The smallest absolute Gasteiger partial charge is 0.104 e. The molecule has 0 amide bonds. The Hall–Kier alpha value is -1.57. The van der Waals surface area contributed by atoms with Crippen molar-refractivity contribution in [3.8, 4) is 0 Å². The van der Waals surface area contributed by atoms with Crippen LogP contribution in [0.4, 0.5) is 5.69 Å². The second-order valence-electron chi connectivity index (χ2n) is 9.60. The van der Waals surface area contributed by atoms with Crippen LogP contribution in [0.5, 0.6) is 0 Å². The molecule has 1 aromatic rings. The molecule has 0 radical (unpaired) electrons. The molecule has 0 spiro atoms. The van der Waals surface area contributed by atoms with Crippen LogP contribution >= 0.6 is 0 Å². The Morgan fingerprint density at radius 1 is 0.800 bits per heavy atom. The fourth-order valence-electron chi connectivity index (χ4n) is 4.32. The predicted octanol–water partition coefficient (Wildman–Crippen LogP) is 8.72. The fourth-order valence-corrected chi connectivity index (χ4v) is 4.32. The van der Waals surface area contributed by atoms with Crippen LogP contribution in [0.2, 0.25) is 0 Å². The molecule has 0 saturated carbocycles. The number of aliphatic imine (C=N–C) groups is 1. The molecule has 1 aromatic carbocycles. The van der Waals surface area contributed by atoms with Crippen LogP contribution in [-0.4, -0.2) is 17.9 Å². The van der Waals surface area contributed by atoms with E-state index in [0.717, 1.165) is 13.0 Å². The first-order chi connectivity index (χ1) is 14.6. The van der Waals surface area contributed by atoms with E-state index in [4.69, 9.17) is 4.99 Å². The van der Waals surface area contributed by atoms with Gasteiger partial charge in [-0.25, -0.2) is 0 Å². The Bertz CT molecular complexity index is 615. The maximum absolute atomic E-state index is 5.02. The van der Waals surface area contributed by atoms with Gasteiger partial charge in [-0.1, -0.05) is 88.6 Å². The highest BCUT2D eigenvalue weighted by Crippen LogP contribution is 2.28. The average molecular weight is 411 g/mol. The molecule has 0 N–H and O–H groups in total. The molecule has 1 aliphatic heterocycles. The Morgan fingerprint density at radius 2 is 1.37 bits per heavy atom. The minimum absolute atomic E-state index is 0.0347. The third-order valence-corrected chi connectivity index (χ3v) is 6.02. The van der Waals surface area contributed by atoms with E-state index < -0.39 is 0 Å². The molecule has 1 aliphatic rings. The second kappa shape index (κ2) is 14.4. The number of anilines is 1. The number of allylic oxidation sites excluding steroid dienone is 2. The van der Waals surface area contributed by atoms with Gasteiger partial charge in [-0.15, -0.1) is 0 Å². The predicted molar refractivity (Wildman–Crippen MR) is 135 cm³/mol. The first-order valence-electron chi connectivity index (χ1n) is 12.7. The van der Waals surface area contributed by atoms with Crippen LogP contribution in [0.25, 0.3) is 0 Å². The van der Waals surface area contributed by atoms with Crippen molar-refractivity contribution < 1.29 is 0 Å². The van der Waals surface area contributed by atoms with E-state index in [1.807, 2.05) is 0 Å². The van der Waals surface area contributed by atoms with E-state index in [-0.39, 0.29) is 5.54 Å². The topological polar surface area (TPSA) is 15.6 Å². The molecule has 0 aliphatic carbocycles. The highest BCUT2D eigenvalue weighted by atomic mass is 15.3. The van der Waals surface area contributed by atoms with Crippen molar-refractivity contribution in [3.63, 3.8) is 0 Å². The lowest BCUT2D eigenvalue weighted by atomic mass is 10.1. The number of amidine groups is 1.